The molecule has 0 spiro atoms. The molecule has 1 atom stereocenters. The number of halogens is 3. The summed E-state index contributed by atoms with van der Waals surface area (Å²) in [5, 5.41) is 9.76. The summed E-state index contributed by atoms with van der Waals surface area (Å²) < 4.78 is 11.7. The van der Waals surface area contributed by atoms with E-state index in [1.165, 1.54) is 13.0 Å². The molecule has 0 bridgehead atoms. The molecule has 22 heavy (non-hydrogen) atoms. The monoisotopic (exact) mass is 404 g/mol. The summed E-state index contributed by atoms with van der Waals surface area (Å²) in [5.41, 5.74) is 0. The van der Waals surface area contributed by atoms with E-state index in [1.54, 1.807) is 30.3 Å². The molecule has 116 valence electrons. The van der Waals surface area contributed by atoms with E-state index in [4.69, 9.17) is 37.8 Å². The van der Waals surface area contributed by atoms with Gasteiger partial charge in [-0.15, -0.1) is 0 Å². The standard InChI is InChI=1S/C15H11BrCl2O4/c1-8(15(19)20)21-14-7-10(3-4-12(14)18)22-13-5-2-9(17)6-11(13)16/h2-8H,1H3,(H,19,20). The topological polar surface area (TPSA) is 55.8 Å². The van der Waals surface area contributed by atoms with Gasteiger partial charge in [-0.05, 0) is 53.2 Å². The van der Waals surface area contributed by atoms with Crippen LogP contribution in [0.1, 0.15) is 6.92 Å². The summed E-state index contributed by atoms with van der Waals surface area (Å²) in [4.78, 5) is 10.8. The van der Waals surface area contributed by atoms with Crippen LogP contribution >= 0.6 is 39.1 Å². The fourth-order valence-corrected chi connectivity index (χ4v) is 2.49. The lowest BCUT2D eigenvalue weighted by Gasteiger charge is -2.14. The Morgan fingerprint density at radius 1 is 1.18 bits per heavy atom. The van der Waals surface area contributed by atoms with E-state index in [9.17, 15) is 4.79 Å². The smallest absolute Gasteiger partial charge is 0.344 e. The number of hydrogen-bond acceptors (Lipinski definition) is 3. The Balaban J connectivity index is 2.23. The molecule has 0 fully saturated rings. The van der Waals surface area contributed by atoms with Crippen molar-refractivity contribution in [3.8, 4) is 17.2 Å². The first-order valence-electron chi connectivity index (χ1n) is 6.18. The van der Waals surface area contributed by atoms with E-state index < -0.39 is 12.1 Å². The molecule has 0 saturated heterocycles. The molecule has 0 radical (unpaired) electrons. The van der Waals surface area contributed by atoms with Crippen molar-refractivity contribution in [1.29, 1.82) is 0 Å². The van der Waals surface area contributed by atoms with E-state index in [1.807, 2.05) is 0 Å². The molecule has 0 amide bonds. The van der Waals surface area contributed by atoms with Crippen molar-refractivity contribution in [3.05, 3.63) is 50.9 Å². The number of carboxylic acids is 1. The van der Waals surface area contributed by atoms with Gasteiger partial charge in [-0.25, -0.2) is 4.79 Å². The maximum Gasteiger partial charge on any atom is 0.344 e. The van der Waals surface area contributed by atoms with Crippen LogP contribution in [0.2, 0.25) is 10.0 Å². The highest BCUT2D eigenvalue weighted by atomic mass is 79.9. The Bertz CT molecular complexity index is 706. The maximum absolute atomic E-state index is 10.8. The van der Waals surface area contributed by atoms with Gasteiger partial charge in [-0.1, -0.05) is 23.2 Å². The summed E-state index contributed by atoms with van der Waals surface area (Å²) in [6.45, 7) is 1.42. The van der Waals surface area contributed by atoms with Crippen LogP contribution in [-0.2, 0) is 4.79 Å². The third kappa shape index (κ3) is 4.29. The lowest BCUT2D eigenvalue weighted by Crippen LogP contribution is -2.22. The van der Waals surface area contributed by atoms with E-state index in [2.05, 4.69) is 15.9 Å². The summed E-state index contributed by atoms with van der Waals surface area (Å²) >= 11 is 15.2. The first-order chi connectivity index (χ1) is 10.4. The molecule has 2 rings (SSSR count). The quantitative estimate of drug-likeness (QED) is 0.723. The van der Waals surface area contributed by atoms with Gasteiger partial charge < -0.3 is 14.6 Å². The zero-order chi connectivity index (χ0) is 16.3. The minimum absolute atomic E-state index is 0.235. The number of carbonyl (C=O) groups is 1. The van der Waals surface area contributed by atoms with Crippen molar-refractivity contribution in [3.63, 3.8) is 0 Å². The number of aliphatic carboxylic acids is 1. The van der Waals surface area contributed by atoms with Crippen LogP contribution in [0.15, 0.2) is 40.9 Å². The van der Waals surface area contributed by atoms with Gasteiger partial charge in [0.15, 0.2) is 6.10 Å². The van der Waals surface area contributed by atoms with Gasteiger partial charge in [-0.3, -0.25) is 0 Å². The summed E-state index contributed by atoms with van der Waals surface area (Å²) in [6.07, 6.45) is -1.02. The Labute approximate surface area is 145 Å². The molecule has 0 aliphatic rings. The van der Waals surface area contributed by atoms with Gasteiger partial charge in [0.2, 0.25) is 0 Å². The molecule has 0 saturated carbocycles. The molecule has 0 aromatic heterocycles. The second-order valence-corrected chi connectivity index (χ2v) is 6.07. The van der Waals surface area contributed by atoms with E-state index in [0.717, 1.165) is 0 Å². The third-order valence-corrected chi connectivity index (χ3v) is 3.84. The fourth-order valence-electron chi connectivity index (χ4n) is 1.56. The average Bonchev–Trinajstić information content (AvgIpc) is 2.45. The Hall–Kier alpha value is -1.43. The van der Waals surface area contributed by atoms with Crippen molar-refractivity contribution >= 4 is 45.1 Å². The average molecular weight is 406 g/mol. The third-order valence-electron chi connectivity index (χ3n) is 2.68. The molecule has 0 aliphatic carbocycles. The maximum atomic E-state index is 10.8. The molecule has 1 N–H and O–H groups in total. The molecule has 7 heteroatoms. The summed E-state index contributed by atoms with van der Waals surface area (Å²) in [5.74, 6) is 0.172. The normalized spacial score (nSPS) is 11.8. The molecular weight excluding hydrogens is 395 g/mol. The highest BCUT2D eigenvalue weighted by molar-refractivity contribution is 9.10. The Morgan fingerprint density at radius 3 is 2.55 bits per heavy atom. The van der Waals surface area contributed by atoms with Gasteiger partial charge in [0.05, 0.1) is 9.50 Å². The van der Waals surface area contributed by atoms with Crippen LogP contribution in [0.25, 0.3) is 0 Å². The Morgan fingerprint density at radius 2 is 1.91 bits per heavy atom. The van der Waals surface area contributed by atoms with Crippen molar-refractivity contribution in [1.82, 2.24) is 0 Å². The van der Waals surface area contributed by atoms with Crippen LogP contribution in [0.3, 0.4) is 0 Å². The van der Waals surface area contributed by atoms with Crippen molar-refractivity contribution in [2.45, 2.75) is 13.0 Å². The lowest BCUT2D eigenvalue weighted by atomic mass is 10.3. The predicted octanol–water partition coefficient (Wildman–Crippen LogP) is 5.40. The van der Waals surface area contributed by atoms with Crippen molar-refractivity contribution in [2.24, 2.45) is 0 Å². The van der Waals surface area contributed by atoms with Gasteiger partial charge in [0, 0.05) is 11.1 Å². The number of rotatable bonds is 5. The van der Waals surface area contributed by atoms with Crippen molar-refractivity contribution < 1.29 is 19.4 Å². The van der Waals surface area contributed by atoms with Gasteiger partial charge in [0.25, 0.3) is 0 Å². The number of carboxylic acid groups (broad SMARTS) is 1. The highest BCUT2D eigenvalue weighted by Crippen LogP contribution is 2.35. The largest absolute Gasteiger partial charge is 0.479 e. The lowest BCUT2D eigenvalue weighted by molar-refractivity contribution is -0.144. The molecule has 0 aliphatic heterocycles. The Kier molecular flexibility index (Phi) is 5.56. The number of ether oxygens (including phenoxy) is 2. The number of benzene rings is 2. The second kappa shape index (κ2) is 7.22. The molecule has 4 nitrogen and oxygen atoms in total. The molecule has 0 heterocycles. The first-order valence-corrected chi connectivity index (χ1v) is 7.73. The van der Waals surface area contributed by atoms with Crippen LogP contribution < -0.4 is 9.47 Å². The van der Waals surface area contributed by atoms with Crippen LogP contribution in [-0.4, -0.2) is 17.2 Å². The fraction of sp³-hybridized carbons (Fsp3) is 0.133. The van der Waals surface area contributed by atoms with Crippen LogP contribution in [0.4, 0.5) is 0 Å². The zero-order valence-corrected chi connectivity index (χ0v) is 14.4. The first kappa shape index (κ1) is 16.9. The summed E-state index contributed by atoms with van der Waals surface area (Å²) in [6, 6.07) is 9.87. The molecule has 2 aromatic carbocycles. The zero-order valence-electron chi connectivity index (χ0n) is 11.3. The molecule has 2 aromatic rings. The van der Waals surface area contributed by atoms with E-state index in [-0.39, 0.29) is 5.75 Å². The van der Waals surface area contributed by atoms with Crippen LogP contribution in [0.5, 0.6) is 17.2 Å². The van der Waals surface area contributed by atoms with Gasteiger partial charge in [-0.2, -0.15) is 0 Å². The minimum atomic E-state index is -1.08. The SMILES string of the molecule is CC(Oc1cc(Oc2ccc(Cl)cc2Br)ccc1Cl)C(=O)O. The highest BCUT2D eigenvalue weighted by Gasteiger charge is 2.15. The summed E-state index contributed by atoms with van der Waals surface area (Å²) in [7, 11) is 0. The minimum Gasteiger partial charge on any atom is -0.479 e. The second-order valence-electron chi connectivity index (χ2n) is 4.37. The van der Waals surface area contributed by atoms with E-state index in [0.29, 0.717) is 26.0 Å². The van der Waals surface area contributed by atoms with Crippen molar-refractivity contribution in [2.75, 3.05) is 0 Å². The number of hydrogen-bond donors (Lipinski definition) is 1. The molecular formula is C15H11BrCl2O4. The predicted molar refractivity (Wildman–Crippen MR) is 88.4 cm³/mol. The molecule has 1 unspecified atom stereocenters. The van der Waals surface area contributed by atoms with Gasteiger partial charge >= 0.3 is 5.97 Å². The van der Waals surface area contributed by atoms with Crippen LogP contribution in [0, 0.1) is 0 Å². The van der Waals surface area contributed by atoms with Gasteiger partial charge in [0.1, 0.15) is 17.2 Å². The van der Waals surface area contributed by atoms with E-state index >= 15 is 0 Å².